The molecule has 0 atom stereocenters. The third kappa shape index (κ3) is 2.35. The van der Waals surface area contributed by atoms with Crippen molar-refractivity contribution in [3.05, 3.63) is 53.1 Å². The minimum atomic E-state index is -0.121. The van der Waals surface area contributed by atoms with Crippen LogP contribution in [0.3, 0.4) is 0 Å². The van der Waals surface area contributed by atoms with Gasteiger partial charge in [-0.3, -0.25) is 4.79 Å². The van der Waals surface area contributed by atoms with Crippen LogP contribution in [0.25, 0.3) is 0 Å². The number of carbonyl (C=O) groups is 1. The maximum absolute atomic E-state index is 12.0. The van der Waals surface area contributed by atoms with Crippen LogP contribution in [0.5, 0.6) is 0 Å². The molecule has 0 unspecified atom stereocenters. The van der Waals surface area contributed by atoms with Crippen LogP contribution in [0.1, 0.15) is 21.5 Å². The Morgan fingerprint density at radius 3 is 2.55 bits per heavy atom. The Kier molecular flexibility index (Phi) is 3.41. The summed E-state index contributed by atoms with van der Waals surface area (Å²) in [6.07, 6.45) is 0. The molecule has 1 N–H and O–H groups in total. The van der Waals surface area contributed by atoms with Gasteiger partial charge in [0.15, 0.2) is 0 Å². The third-order valence-corrected chi connectivity index (χ3v) is 3.78. The van der Waals surface area contributed by atoms with E-state index in [1.165, 1.54) is 0 Å². The van der Waals surface area contributed by atoms with E-state index in [9.17, 15) is 4.79 Å². The summed E-state index contributed by atoms with van der Waals surface area (Å²) in [6.45, 7) is 4.03. The largest absolute Gasteiger partial charge is 0.377 e. The zero-order valence-corrected chi connectivity index (χ0v) is 13.2. The van der Waals surface area contributed by atoms with Crippen LogP contribution in [0.2, 0.25) is 0 Å². The van der Waals surface area contributed by atoms with Crippen LogP contribution >= 0.6 is 0 Å². The standard InChI is InChI=1S/C17H18N4O/c1-11-6-5-7-14-16(11)21(19-17(14)22)18-13-8-9-15(20(3)4)12(2)10-13/h5-10H,1-4H3/p+1. The number of hydrazine groups is 1. The summed E-state index contributed by atoms with van der Waals surface area (Å²) < 4.78 is 0. The average molecular weight is 295 g/mol. The summed E-state index contributed by atoms with van der Waals surface area (Å²) in [7, 11) is 4.03. The zero-order chi connectivity index (χ0) is 15.9. The molecule has 0 saturated carbocycles. The second-order valence-electron chi connectivity index (χ2n) is 5.69. The van der Waals surface area contributed by atoms with Gasteiger partial charge in [0.2, 0.25) is 0 Å². The lowest BCUT2D eigenvalue weighted by atomic mass is 10.1. The van der Waals surface area contributed by atoms with Crippen molar-refractivity contribution in [2.75, 3.05) is 19.0 Å². The van der Waals surface area contributed by atoms with E-state index >= 15 is 0 Å². The lowest BCUT2D eigenvalue weighted by molar-refractivity contribution is -0.548. The average Bonchev–Trinajstić information content (AvgIpc) is 2.76. The fourth-order valence-corrected chi connectivity index (χ4v) is 2.73. The van der Waals surface area contributed by atoms with Crippen molar-refractivity contribution >= 4 is 23.0 Å². The molecule has 1 amide bonds. The monoisotopic (exact) mass is 295 g/mol. The Balaban J connectivity index is 2.05. The number of fused-ring (bicyclic) bond motifs is 1. The molecule has 0 aromatic heterocycles. The first-order chi connectivity index (χ1) is 10.5. The van der Waals surface area contributed by atoms with Gasteiger partial charge in [-0.2, -0.15) is 0 Å². The molecule has 1 aliphatic rings. The zero-order valence-electron chi connectivity index (χ0n) is 13.2. The van der Waals surface area contributed by atoms with E-state index in [1.54, 1.807) is 4.81 Å². The lowest BCUT2D eigenvalue weighted by Crippen LogP contribution is -2.21. The molecule has 0 saturated heterocycles. The van der Waals surface area contributed by atoms with Gasteiger partial charge in [0.05, 0.1) is 0 Å². The van der Waals surface area contributed by atoms with Gasteiger partial charge in [0.25, 0.3) is 5.69 Å². The number of nitrogens with one attached hydrogen (secondary N) is 1. The van der Waals surface area contributed by atoms with Crippen LogP contribution in [0, 0.1) is 13.8 Å². The SMILES string of the molecule is Cc1cc(N=[N+]2NC(=O)c3cccc(C)c32)ccc1N(C)C. The van der Waals surface area contributed by atoms with Gasteiger partial charge >= 0.3 is 5.91 Å². The Morgan fingerprint density at radius 1 is 1.09 bits per heavy atom. The summed E-state index contributed by atoms with van der Waals surface area (Å²) in [5.41, 5.74) is 8.38. The van der Waals surface area contributed by atoms with E-state index in [0.29, 0.717) is 5.56 Å². The summed E-state index contributed by atoms with van der Waals surface area (Å²) in [5.74, 6) is -0.121. The molecule has 2 aromatic carbocycles. The minimum absolute atomic E-state index is 0.121. The van der Waals surface area contributed by atoms with Gasteiger partial charge in [-0.1, -0.05) is 17.6 Å². The number of rotatable bonds is 2. The van der Waals surface area contributed by atoms with Gasteiger partial charge < -0.3 is 4.90 Å². The van der Waals surface area contributed by atoms with Crippen molar-refractivity contribution in [2.45, 2.75) is 13.8 Å². The molecule has 22 heavy (non-hydrogen) atoms. The molecular weight excluding hydrogens is 276 g/mol. The maximum Gasteiger partial charge on any atom is 0.314 e. The molecule has 3 rings (SSSR count). The van der Waals surface area contributed by atoms with Crippen LogP contribution in [0.15, 0.2) is 41.5 Å². The second-order valence-corrected chi connectivity index (χ2v) is 5.69. The number of anilines is 1. The van der Waals surface area contributed by atoms with E-state index in [2.05, 4.69) is 22.4 Å². The number of amides is 1. The van der Waals surface area contributed by atoms with E-state index in [-0.39, 0.29) is 5.91 Å². The highest BCUT2D eigenvalue weighted by molar-refractivity contribution is 6.00. The van der Waals surface area contributed by atoms with E-state index in [0.717, 1.165) is 28.2 Å². The van der Waals surface area contributed by atoms with Crippen LogP contribution in [-0.2, 0) is 0 Å². The fourth-order valence-electron chi connectivity index (χ4n) is 2.73. The summed E-state index contributed by atoms with van der Waals surface area (Å²) >= 11 is 0. The van der Waals surface area contributed by atoms with Crippen molar-refractivity contribution < 1.29 is 9.60 Å². The predicted octanol–water partition coefficient (Wildman–Crippen LogP) is 3.46. The molecule has 1 heterocycles. The lowest BCUT2D eigenvalue weighted by Gasteiger charge is -2.14. The molecule has 0 bridgehead atoms. The number of benzene rings is 2. The van der Waals surface area contributed by atoms with Gasteiger partial charge in [-0.25, -0.2) is 0 Å². The van der Waals surface area contributed by atoms with Gasteiger partial charge in [0.1, 0.15) is 11.3 Å². The molecule has 5 nitrogen and oxygen atoms in total. The van der Waals surface area contributed by atoms with Crippen LogP contribution < -0.4 is 10.3 Å². The Labute approximate surface area is 129 Å². The summed E-state index contributed by atoms with van der Waals surface area (Å²) in [6, 6.07) is 11.7. The number of aryl methyl sites for hydroxylation is 2. The molecule has 1 aliphatic heterocycles. The van der Waals surface area contributed by atoms with E-state index in [1.807, 2.05) is 57.4 Å². The van der Waals surface area contributed by atoms with Crippen molar-refractivity contribution in [3.8, 4) is 0 Å². The number of hydrogen-bond acceptors (Lipinski definition) is 3. The number of hydrogen-bond donors (Lipinski definition) is 1. The molecule has 2 aromatic rings. The normalized spacial score (nSPS) is 14.9. The van der Waals surface area contributed by atoms with E-state index < -0.39 is 0 Å². The Morgan fingerprint density at radius 2 is 1.86 bits per heavy atom. The highest BCUT2D eigenvalue weighted by Gasteiger charge is 2.35. The fraction of sp³-hybridized carbons (Fsp3) is 0.235. The Bertz CT molecular complexity index is 793. The molecule has 5 heteroatoms. The summed E-state index contributed by atoms with van der Waals surface area (Å²) in [5, 5.41) is 4.55. The maximum atomic E-state index is 12.0. The number of nitrogens with zero attached hydrogens (tertiary/aromatic N) is 3. The highest BCUT2D eigenvalue weighted by Crippen LogP contribution is 2.30. The van der Waals surface area contributed by atoms with Crippen LogP contribution in [0.4, 0.5) is 17.1 Å². The third-order valence-electron chi connectivity index (χ3n) is 3.78. The first-order valence-electron chi connectivity index (χ1n) is 7.18. The smallest absolute Gasteiger partial charge is 0.314 e. The number of carbonyl (C=O) groups excluding carboxylic acids is 1. The van der Waals surface area contributed by atoms with Crippen LogP contribution in [-0.4, -0.2) is 24.8 Å². The Hall–Kier alpha value is -2.69. The molecule has 0 aliphatic carbocycles. The van der Waals surface area contributed by atoms with Crippen molar-refractivity contribution in [2.24, 2.45) is 5.11 Å². The quantitative estimate of drug-likeness (QED) is 0.863. The van der Waals surface area contributed by atoms with E-state index in [4.69, 9.17) is 0 Å². The number of para-hydroxylation sites is 1. The van der Waals surface area contributed by atoms with Crippen molar-refractivity contribution in [3.63, 3.8) is 0 Å². The summed E-state index contributed by atoms with van der Waals surface area (Å²) in [4.78, 5) is 15.6. The highest BCUT2D eigenvalue weighted by atomic mass is 16.2. The molecule has 0 spiro atoms. The molecule has 0 fully saturated rings. The first-order valence-corrected chi connectivity index (χ1v) is 7.18. The predicted molar refractivity (Wildman–Crippen MR) is 86.2 cm³/mol. The molecule has 0 radical (unpaired) electrons. The van der Waals surface area contributed by atoms with Crippen molar-refractivity contribution in [1.29, 1.82) is 0 Å². The minimum Gasteiger partial charge on any atom is -0.377 e. The first kappa shape index (κ1) is 14.3. The number of azo groups is 1. The van der Waals surface area contributed by atoms with Crippen molar-refractivity contribution in [1.82, 2.24) is 5.43 Å². The molecular formula is C17H19N4O+. The topological polar surface area (TPSA) is 47.7 Å². The van der Waals surface area contributed by atoms with Gasteiger partial charge in [-0.05, 0) is 43.7 Å². The molecule has 112 valence electrons. The van der Waals surface area contributed by atoms with Gasteiger partial charge in [-0.15, -0.1) is 0 Å². The second kappa shape index (κ2) is 5.26. The van der Waals surface area contributed by atoms with Gasteiger partial charge in [0, 0.05) is 35.3 Å².